The van der Waals surface area contributed by atoms with Crippen molar-refractivity contribution in [1.82, 2.24) is 9.55 Å². The average molecular weight is 273 g/mol. The zero-order valence-corrected chi connectivity index (χ0v) is 12.0. The van der Waals surface area contributed by atoms with Crippen molar-refractivity contribution in [3.05, 3.63) is 54.1 Å². The van der Waals surface area contributed by atoms with Gasteiger partial charge < -0.3 is 15.4 Å². The number of rotatable bonds is 7. The maximum atomic E-state index is 9.69. The van der Waals surface area contributed by atoms with Crippen molar-refractivity contribution in [1.29, 1.82) is 0 Å². The predicted octanol–water partition coefficient (Wildman–Crippen LogP) is 2.07. The summed E-state index contributed by atoms with van der Waals surface area (Å²) in [5.74, 6) is 1.08. The number of hydrogen-bond donors (Lipinski definition) is 2. The Balaban J connectivity index is 2.09. The second kappa shape index (κ2) is 6.68. The lowest BCUT2D eigenvalue weighted by Crippen LogP contribution is -2.41. The van der Waals surface area contributed by atoms with E-state index in [2.05, 4.69) is 16.5 Å². The monoisotopic (exact) mass is 273 g/mol. The lowest BCUT2D eigenvalue weighted by molar-refractivity contribution is 0.182. The Bertz CT molecular complexity index is 524. The van der Waals surface area contributed by atoms with Gasteiger partial charge in [0.1, 0.15) is 5.82 Å². The van der Waals surface area contributed by atoms with Gasteiger partial charge in [0.25, 0.3) is 0 Å². The van der Waals surface area contributed by atoms with E-state index in [1.807, 2.05) is 42.7 Å². The normalized spacial score (nSPS) is 14.2. The summed E-state index contributed by atoms with van der Waals surface area (Å²) in [5, 5.41) is 9.69. The van der Waals surface area contributed by atoms with Gasteiger partial charge in [0.15, 0.2) is 0 Å². The van der Waals surface area contributed by atoms with Gasteiger partial charge in [-0.1, -0.05) is 37.3 Å². The molecule has 2 aromatic rings. The smallest absolute Gasteiger partial charge is 0.108 e. The van der Waals surface area contributed by atoms with Crippen LogP contribution in [0.4, 0.5) is 0 Å². The molecule has 108 valence electrons. The van der Waals surface area contributed by atoms with E-state index < -0.39 is 5.54 Å². The molecule has 1 unspecified atom stereocenters. The Morgan fingerprint density at radius 2 is 2.05 bits per heavy atom. The number of nitrogens with zero attached hydrogens (tertiary/aromatic N) is 2. The third-order valence-corrected chi connectivity index (χ3v) is 3.70. The van der Waals surface area contributed by atoms with E-state index in [9.17, 15) is 5.11 Å². The van der Waals surface area contributed by atoms with Crippen LogP contribution >= 0.6 is 0 Å². The minimum absolute atomic E-state index is 0.0607. The lowest BCUT2D eigenvalue weighted by atomic mass is 9.88. The first-order valence-electron chi connectivity index (χ1n) is 7.15. The highest BCUT2D eigenvalue weighted by Crippen LogP contribution is 2.22. The number of nitrogens with two attached hydrogens (primary N) is 1. The van der Waals surface area contributed by atoms with Crippen molar-refractivity contribution < 1.29 is 5.11 Å². The van der Waals surface area contributed by atoms with E-state index >= 15 is 0 Å². The van der Waals surface area contributed by atoms with Gasteiger partial charge in [-0.2, -0.15) is 0 Å². The topological polar surface area (TPSA) is 64.1 Å². The summed E-state index contributed by atoms with van der Waals surface area (Å²) in [4.78, 5) is 4.36. The molecule has 20 heavy (non-hydrogen) atoms. The molecule has 4 heteroatoms. The fraction of sp³-hybridized carbons (Fsp3) is 0.438. The van der Waals surface area contributed by atoms with Crippen LogP contribution < -0.4 is 5.73 Å². The number of aliphatic hydroxyl groups is 1. The van der Waals surface area contributed by atoms with Crippen molar-refractivity contribution in [3.63, 3.8) is 0 Å². The first kappa shape index (κ1) is 14.8. The lowest BCUT2D eigenvalue weighted by Gasteiger charge is -2.28. The number of hydrogen-bond acceptors (Lipinski definition) is 3. The average Bonchev–Trinajstić information content (AvgIpc) is 2.93. The van der Waals surface area contributed by atoms with E-state index in [4.69, 9.17) is 5.73 Å². The maximum absolute atomic E-state index is 9.69. The van der Waals surface area contributed by atoms with E-state index in [1.54, 1.807) is 0 Å². The van der Waals surface area contributed by atoms with Gasteiger partial charge in [0.05, 0.1) is 12.1 Å². The second-order valence-electron chi connectivity index (χ2n) is 5.22. The van der Waals surface area contributed by atoms with Crippen molar-refractivity contribution >= 4 is 0 Å². The molecule has 0 aliphatic rings. The fourth-order valence-corrected chi connectivity index (χ4v) is 2.40. The summed E-state index contributed by atoms with van der Waals surface area (Å²) in [6.45, 7) is 2.85. The molecule has 0 saturated carbocycles. The van der Waals surface area contributed by atoms with Crippen molar-refractivity contribution in [3.8, 4) is 0 Å². The molecular formula is C16H23N3O. The van der Waals surface area contributed by atoms with Gasteiger partial charge in [-0.15, -0.1) is 0 Å². The van der Waals surface area contributed by atoms with Crippen LogP contribution in [0.1, 0.15) is 31.2 Å². The number of imidazole rings is 1. The van der Waals surface area contributed by atoms with Crippen molar-refractivity contribution in [2.24, 2.45) is 5.73 Å². The molecule has 4 nitrogen and oxygen atoms in total. The van der Waals surface area contributed by atoms with Gasteiger partial charge in [-0.25, -0.2) is 4.98 Å². The zero-order chi connectivity index (χ0) is 14.4. The fourth-order valence-electron chi connectivity index (χ4n) is 2.40. The SMILES string of the molecule is CCCc1nccn1CCC(N)(CO)c1ccccc1. The minimum atomic E-state index is -0.699. The highest BCUT2D eigenvalue weighted by Gasteiger charge is 2.26. The summed E-state index contributed by atoms with van der Waals surface area (Å²) < 4.78 is 2.13. The number of benzene rings is 1. The molecule has 0 fully saturated rings. The molecule has 0 amide bonds. The second-order valence-corrected chi connectivity index (χ2v) is 5.22. The van der Waals surface area contributed by atoms with E-state index in [0.29, 0.717) is 6.42 Å². The predicted molar refractivity (Wildman–Crippen MR) is 80.2 cm³/mol. The zero-order valence-electron chi connectivity index (χ0n) is 12.0. The van der Waals surface area contributed by atoms with Gasteiger partial charge in [-0.3, -0.25) is 0 Å². The van der Waals surface area contributed by atoms with Crippen LogP contribution in [0.2, 0.25) is 0 Å². The van der Waals surface area contributed by atoms with Gasteiger partial charge >= 0.3 is 0 Å². The van der Waals surface area contributed by atoms with E-state index in [-0.39, 0.29) is 6.61 Å². The largest absolute Gasteiger partial charge is 0.394 e. The Kier molecular flexibility index (Phi) is 4.93. The molecule has 0 saturated heterocycles. The number of aromatic nitrogens is 2. The van der Waals surface area contributed by atoms with E-state index in [1.165, 1.54) is 0 Å². The standard InChI is InChI=1S/C16H23N3O/c1-2-6-15-18-10-12-19(15)11-9-16(17,13-20)14-7-4-3-5-8-14/h3-5,7-8,10,12,20H,2,6,9,11,13,17H2,1H3. The number of aryl methyl sites for hydroxylation is 2. The Labute approximate surface area is 120 Å². The first-order chi connectivity index (χ1) is 9.69. The third kappa shape index (κ3) is 3.26. The molecule has 1 aromatic carbocycles. The highest BCUT2D eigenvalue weighted by atomic mass is 16.3. The molecule has 1 heterocycles. The summed E-state index contributed by atoms with van der Waals surface area (Å²) in [7, 11) is 0. The molecule has 0 bridgehead atoms. The molecule has 0 radical (unpaired) electrons. The molecule has 3 N–H and O–H groups in total. The molecule has 0 aliphatic heterocycles. The molecule has 2 rings (SSSR count). The van der Waals surface area contributed by atoms with Crippen molar-refractivity contribution in [2.45, 2.75) is 38.3 Å². The van der Waals surface area contributed by atoms with Crippen molar-refractivity contribution in [2.75, 3.05) is 6.61 Å². The molecule has 0 spiro atoms. The Morgan fingerprint density at radius 1 is 1.30 bits per heavy atom. The van der Waals surface area contributed by atoms with E-state index in [0.717, 1.165) is 30.8 Å². The molecule has 1 atom stereocenters. The van der Waals surface area contributed by atoms with Crippen LogP contribution in [0.15, 0.2) is 42.7 Å². The van der Waals surface area contributed by atoms with Crippen LogP contribution in [-0.4, -0.2) is 21.3 Å². The Morgan fingerprint density at radius 3 is 2.70 bits per heavy atom. The van der Waals surface area contributed by atoms with Crippen LogP contribution in [-0.2, 0) is 18.5 Å². The summed E-state index contributed by atoms with van der Waals surface area (Å²) in [6, 6.07) is 9.79. The van der Waals surface area contributed by atoms with Crippen LogP contribution in [0, 0.1) is 0 Å². The molecular weight excluding hydrogens is 250 g/mol. The van der Waals surface area contributed by atoms with Crippen LogP contribution in [0.25, 0.3) is 0 Å². The number of aliphatic hydroxyl groups excluding tert-OH is 1. The van der Waals surface area contributed by atoms with Gasteiger partial charge in [0, 0.05) is 25.4 Å². The van der Waals surface area contributed by atoms with Gasteiger partial charge in [0.2, 0.25) is 0 Å². The first-order valence-corrected chi connectivity index (χ1v) is 7.15. The van der Waals surface area contributed by atoms with Crippen LogP contribution in [0.5, 0.6) is 0 Å². The molecule has 0 aliphatic carbocycles. The maximum Gasteiger partial charge on any atom is 0.108 e. The van der Waals surface area contributed by atoms with Gasteiger partial charge in [-0.05, 0) is 18.4 Å². The van der Waals surface area contributed by atoms with Crippen LogP contribution in [0.3, 0.4) is 0 Å². The molecule has 1 aromatic heterocycles. The summed E-state index contributed by atoms with van der Waals surface area (Å²) in [6.07, 6.45) is 6.53. The summed E-state index contributed by atoms with van der Waals surface area (Å²) in [5.41, 5.74) is 6.65. The Hall–Kier alpha value is -1.65. The quantitative estimate of drug-likeness (QED) is 0.811. The minimum Gasteiger partial charge on any atom is -0.394 e. The summed E-state index contributed by atoms with van der Waals surface area (Å²) >= 11 is 0. The highest BCUT2D eigenvalue weighted by molar-refractivity contribution is 5.24. The third-order valence-electron chi connectivity index (χ3n) is 3.70.